The molecule has 0 radical (unpaired) electrons. The van der Waals surface area contributed by atoms with E-state index in [1.54, 1.807) is 6.08 Å². The van der Waals surface area contributed by atoms with Crippen LogP contribution in [0.2, 0.25) is 5.02 Å². The SMILES string of the molecule is Cc1cc(C=CC(N)=O)cc(C)c1Cl. The number of halogens is 1. The van der Waals surface area contributed by atoms with E-state index >= 15 is 0 Å². The lowest BCUT2D eigenvalue weighted by atomic mass is 10.1. The highest BCUT2D eigenvalue weighted by Gasteiger charge is 2.00. The number of amides is 1. The Morgan fingerprint density at radius 1 is 1.36 bits per heavy atom. The Balaban J connectivity index is 3.07. The number of primary amides is 1. The minimum atomic E-state index is -0.449. The number of aryl methyl sites for hydroxylation is 2. The van der Waals surface area contributed by atoms with Gasteiger partial charge in [0.25, 0.3) is 0 Å². The largest absolute Gasteiger partial charge is 0.366 e. The van der Waals surface area contributed by atoms with E-state index in [1.165, 1.54) is 6.08 Å². The highest BCUT2D eigenvalue weighted by atomic mass is 35.5. The van der Waals surface area contributed by atoms with Gasteiger partial charge in [-0.05, 0) is 36.6 Å². The van der Waals surface area contributed by atoms with Gasteiger partial charge in [0.1, 0.15) is 0 Å². The molecule has 0 heterocycles. The summed E-state index contributed by atoms with van der Waals surface area (Å²) in [6.45, 7) is 3.86. The molecule has 0 saturated heterocycles. The fourth-order valence-electron chi connectivity index (χ4n) is 1.25. The summed E-state index contributed by atoms with van der Waals surface area (Å²) in [5.74, 6) is -0.449. The van der Waals surface area contributed by atoms with Crippen LogP contribution in [0.25, 0.3) is 6.08 Å². The monoisotopic (exact) mass is 209 g/mol. The molecule has 1 aromatic rings. The molecule has 0 bridgehead atoms. The van der Waals surface area contributed by atoms with Crippen molar-refractivity contribution in [3.63, 3.8) is 0 Å². The van der Waals surface area contributed by atoms with Gasteiger partial charge in [0.2, 0.25) is 5.91 Å². The molecular formula is C11H12ClNO. The summed E-state index contributed by atoms with van der Waals surface area (Å²) in [7, 11) is 0. The van der Waals surface area contributed by atoms with Crippen molar-refractivity contribution in [3.05, 3.63) is 39.9 Å². The van der Waals surface area contributed by atoms with E-state index in [2.05, 4.69) is 0 Å². The number of carbonyl (C=O) groups excluding carboxylic acids is 1. The topological polar surface area (TPSA) is 43.1 Å². The molecule has 1 amide bonds. The maximum absolute atomic E-state index is 10.5. The van der Waals surface area contributed by atoms with Gasteiger partial charge in [-0.25, -0.2) is 0 Å². The van der Waals surface area contributed by atoms with E-state index in [4.69, 9.17) is 17.3 Å². The summed E-state index contributed by atoms with van der Waals surface area (Å²) in [6, 6.07) is 3.82. The van der Waals surface area contributed by atoms with Crippen LogP contribution in [-0.2, 0) is 4.79 Å². The third-order valence-electron chi connectivity index (χ3n) is 1.90. The van der Waals surface area contributed by atoms with E-state index in [0.717, 1.165) is 21.7 Å². The molecule has 1 aromatic carbocycles. The molecule has 0 aliphatic heterocycles. The predicted molar refractivity (Wildman–Crippen MR) is 59.2 cm³/mol. The Kier molecular flexibility index (Phi) is 3.31. The quantitative estimate of drug-likeness (QED) is 0.748. The molecule has 2 N–H and O–H groups in total. The van der Waals surface area contributed by atoms with E-state index in [1.807, 2.05) is 26.0 Å². The smallest absolute Gasteiger partial charge is 0.241 e. The van der Waals surface area contributed by atoms with Crippen molar-refractivity contribution in [3.8, 4) is 0 Å². The Morgan fingerprint density at radius 2 is 1.86 bits per heavy atom. The van der Waals surface area contributed by atoms with Crippen molar-refractivity contribution in [1.29, 1.82) is 0 Å². The molecular weight excluding hydrogens is 198 g/mol. The van der Waals surface area contributed by atoms with Crippen LogP contribution >= 0.6 is 11.6 Å². The standard InChI is InChI=1S/C11H12ClNO/c1-7-5-9(3-4-10(13)14)6-8(2)11(7)12/h3-6H,1-2H3,(H2,13,14). The fraction of sp³-hybridized carbons (Fsp3) is 0.182. The number of nitrogens with two attached hydrogens (primary N) is 1. The van der Waals surface area contributed by atoms with E-state index in [0.29, 0.717) is 0 Å². The Hall–Kier alpha value is -1.28. The molecule has 1 rings (SSSR count). The number of rotatable bonds is 2. The van der Waals surface area contributed by atoms with Crippen LogP contribution in [-0.4, -0.2) is 5.91 Å². The predicted octanol–water partition coefficient (Wildman–Crippen LogP) is 2.46. The number of hydrogen-bond donors (Lipinski definition) is 1. The molecule has 0 spiro atoms. The summed E-state index contributed by atoms with van der Waals surface area (Å²) in [5, 5.41) is 0.765. The molecule has 74 valence electrons. The zero-order chi connectivity index (χ0) is 10.7. The van der Waals surface area contributed by atoms with Crippen molar-refractivity contribution in [1.82, 2.24) is 0 Å². The molecule has 0 aliphatic rings. The maximum Gasteiger partial charge on any atom is 0.241 e. The first-order valence-corrected chi connectivity index (χ1v) is 4.63. The average Bonchev–Trinajstić information content (AvgIpc) is 2.10. The highest BCUT2D eigenvalue weighted by molar-refractivity contribution is 6.32. The first kappa shape index (κ1) is 10.8. The molecule has 0 aliphatic carbocycles. The van der Waals surface area contributed by atoms with Crippen molar-refractivity contribution in [2.45, 2.75) is 13.8 Å². The highest BCUT2D eigenvalue weighted by Crippen LogP contribution is 2.22. The summed E-state index contributed by atoms with van der Waals surface area (Å²) >= 11 is 6.00. The molecule has 0 atom stereocenters. The third kappa shape index (κ3) is 2.60. The average molecular weight is 210 g/mol. The first-order chi connectivity index (χ1) is 6.50. The Labute approximate surface area is 88.4 Å². The number of hydrogen-bond acceptors (Lipinski definition) is 1. The first-order valence-electron chi connectivity index (χ1n) is 4.25. The second-order valence-electron chi connectivity index (χ2n) is 3.20. The number of carbonyl (C=O) groups is 1. The van der Waals surface area contributed by atoms with Gasteiger partial charge in [0.15, 0.2) is 0 Å². The van der Waals surface area contributed by atoms with Crippen LogP contribution in [0, 0.1) is 13.8 Å². The molecule has 0 aromatic heterocycles. The second-order valence-corrected chi connectivity index (χ2v) is 3.58. The number of benzene rings is 1. The van der Waals surface area contributed by atoms with Crippen LogP contribution in [0.3, 0.4) is 0 Å². The second kappa shape index (κ2) is 4.29. The lowest BCUT2D eigenvalue weighted by Gasteiger charge is -2.03. The molecule has 0 unspecified atom stereocenters. The molecule has 0 fully saturated rings. The zero-order valence-electron chi connectivity index (χ0n) is 8.17. The molecule has 0 saturated carbocycles. The lowest BCUT2D eigenvalue weighted by molar-refractivity contribution is -0.113. The maximum atomic E-state index is 10.5. The summed E-state index contributed by atoms with van der Waals surface area (Å²) in [4.78, 5) is 10.5. The normalized spacial score (nSPS) is 10.8. The minimum Gasteiger partial charge on any atom is -0.366 e. The van der Waals surface area contributed by atoms with Crippen LogP contribution in [0.1, 0.15) is 16.7 Å². The summed E-state index contributed by atoms with van der Waals surface area (Å²) in [6.07, 6.45) is 3.01. The van der Waals surface area contributed by atoms with Gasteiger partial charge in [-0.15, -0.1) is 0 Å². The van der Waals surface area contributed by atoms with Crippen molar-refractivity contribution in [2.75, 3.05) is 0 Å². The van der Waals surface area contributed by atoms with E-state index < -0.39 is 5.91 Å². The zero-order valence-corrected chi connectivity index (χ0v) is 8.93. The van der Waals surface area contributed by atoms with Crippen molar-refractivity contribution < 1.29 is 4.79 Å². The van der Waals surface area contributed by atoms with Crippen LogP contribution in [0.15, 0.2) is 18.2 Å². The summed E-state index contributed by atoms with van der Waals surface area (Å²) in [5.41, 5.74) is 7.92. The Bertz CT molecular complexity index is 373. The van der Waals surface area contributed by atoms with Gasteiger partial charge >= 0.3 is 0 Å². The van der Waals surface area contributed by atoms with Gasteiger partial charge in [-0.3, -0.25) is 4.79 Å². The van der Waals surface area contributed by atoms with Crippen molar-refractivity contribution >= 4 is 23.6 Å². The van der Waals surface area contributed by atoms with Gasteiger partial charge in [0.05, 0.1) is 0 Å². The van der Waals surface area contributed by atoms with Gasteiger partial charge < -0.3 is 5.73 Å². The fourth-order valence-corrected chi connectivity index (χ4v) is 1.36. The third-order valence-corrected chi connectivity index (χ3v) is 2.50. The van der Waals surface area contributed by atoms with E-state index in [9.17, 15) is 4.79 Å². The van der Waals surface area contributed by atoms with Crippen LogP contribution < -0.4 is 5.73 Å². The molecule has 14 heavy (non-hydrogen) atoms. The van der Waals surface area contributed by atoms with Gasteiger partial charge in [0, 0.05) is 11.1 Å². The van der Waals surface area contributed by atoms with E-state index in [-0.39, 0.29) is 0 Å². The van der Waals surface area contributed by atoms with Gasteiger partial charge in [-0.1, -0.05) is 23.7 Å². The summed E-state index contributed by atoms with van der Waals surface area (Å²) < 4.78 is 0. The van der Waals surface area contributed by atoms with Crippen molar-refractivity contribution in [2.24, 2.45) is 5.73 Å². The lowest BCUT2D eigenvalue weighted by Crippen LogP contribution is -2.05. The minimum absolute atomic E-state index is 0.449. The molecule has 2 nitrogen and oxygen atoms in total. The van der Waals surface area contributed by atoms with Crippen LogP contribution in [0.4, 0.5) is 0 Å². The van der Waals surface area contributed by atoms with Gasteiger partial charge in [-0.2, -0.15) is 0 Å². The Morgan fingerprint density at radius 3 is 2.29 bits per heavy atom. The van der Waals surface area contributed by atoms with Crippen LogP contribution in [0.5, 0.6) is 0 Å². The molecule has 3 heteroatoms.